The summed E-state index contributed by atoms with van der Waals surface area (Å²) in [5.74, 6) is 0. The van der Waals surface area contributed by atoms with Crippen LogP contribution >= 0.6 is 23.6 Å². The standard InChI is InChI=1S/C11H15Cl2N/c1-2-3-9-11(14(12)13)10-7-5-4-6-8-10/h4-8,11H,2-3,9H2,1H3. The monoisotopic (exact) mass is 231 g/mol. The maximum Gasteiger partial charge on any atom is 0.0665 e. The first kappa shape index (κ1) is 11.8. The molecule has 0 spiro atoms. The van der Waals surface area contributed by atoms with Gasteiger partial charge in [-0.1, -0.05) is 50.1 Å². The molecule has 1 aromatic rings. The maximum atomic E-state index is 5.81. The van der Waals surface area contributed by atoms with E-state index in [0.29, 0.717) is 0 Å². The van der Waals surface area contributed by atoms with E-state index in [4.69, 9.17) is 23.6 Å². The predicted octanol–water partition coefficient (Wildman–Crippen LogP) is 4.53. The molecule has 0 aliphatic heterocycles. The fourth-order valence-corrected chi connectivity index (χ4v) is 1.87. The van der Waals surface area contributed by atoms with Crippen LogP contribution in [0.25, 0.3) is 0 Å². The van der Waals surface area contributed by atoms with Crippen molar-refractivity contribution in [3.8, 4) is 0 Å². The second kappa shape index (κ2) is 6.28. The molecule has 0 amide bonds. The van der Waals surface area contributed by atoms with Crippen molar-refractivity contribution in [2.24, 2.45) is 0 Å². The Hall–Kier alpha value is -0.240. The van der Waals surface area contributed by atoms with E-state index in [2.05, 4.69) is 19.1 Å². The van der Waals surface area contributed by atoms with Gasteiger partial charge in [-0.2, -0.15) is 0 Å². The van der Waals surface area contributed by atoms with Gasteiger partial charge in [0.15, 0.2) is 0 Å². The van der Waals surface area contributed by atoms with Crippen LogP contribution in [0.15, 0.2) is 30.3 Å². The molecule has 0 heterocycles. The zero-order chi connectivity index (χ0) is 10.4. The van der Waals surface area contributed by atoms with E-state index in [1.165, 1.54) is 9.50 Å². The molecular weight excluding hydrogens is 217 g/mol. The lowest BCUT2D eigenvalue weighted by atomic mass is 10.0. The highest BCUT2D eigenvalue weighted by Crippen LogP contribution is 2.29. The Morgan fingerprint density at radius 3 is 2.36 bits per heavy atom. The number of hydrogen-bond acceptors (Lipinski definition) is 1. The summed E-state index contributed by atoms with van der Waals surface area (Å²) >= 11 is 11.6. The SMILES string of the molecule is CCCCC(c1ccccc1)N(Cl)Cl. The van der Waals surface area contributed by atoms with E-state index in [1.807, 2.05) is 18.2 Å². The highest BCUT2D eigenvalue weighted by atomic mass is 35.5. The fourth-order valence-electron chi connectivity index (χ4n) is 1.45. The van der Waals surface area contributed by atoms with Crippen molar-refractivity contribution in [3.63, 3.8) is 0 Å². The number of unbranched alkanes of at least 4 members (excludes halogenated alkanes) is 1. The van der Waals surface area contributed by atoms with Gasteiger partial charge in [0.05, 0.1) is 6.04 Å². The Labute approximate surface area is 95.8 Å². The molecule has 1 atom stereocenters. The average molecular weight is 232 g/mol. The van der Waals surface area contributed by atoms with Gasteiger partial charge in [0.1, 0.15) is 0 Å². The molecule has 0 aliphatic carbocycles. The van der Waals surface area contributed by atoms with Crippen molar-refractivity contribution in [1.82, 2.24) is 3.94 Å². The molecule has 78 valence electrons. The molecule has 0 bridgehead atoms. The van der Waals surface area contributed by atoms with Crippen LogP contribution in [0.1, 0.15) is 37.8 Å². The minimum Gasteiger partial charge on any atom is -0.124 e. The van der Waals surface area contributed by atoms with Crippen LogP contribution in [0.2, 0.25) is 0 Å². The van der Waals surface area contributed by atoms with E-state index in [1.54, 1.807) is 0 Å². The van der Waals surface area contributed by atoms with E-state index in [0.717, 1.165) is 19.3 Å². The Morgan fingerprint density at radius 2 is 1.86 bits per heavy atom. The van der Waals surface area contributed by atoms with Gasteiger partial charge in [-0.25, -0.2) is 0 Å². The maximum absolute atomic E-state index is 5.81. The molecule has 0 aromatic heterocycles. The number of nitrogens with zero attached hydrogens (tertiary/aromatic N) is 1. The third-order valence-electron chi connectivity index (χ3n) is 2.25. The van der Waals surface area contributed by atoms with Gasteiger partial charge in [-0.05, 0) is 35.5 Å². The smallest absolute Gasteiger partial charge is 0.0665 e. The van der Waals surface area contributed by atoms with Gasteiger partial charge in [0, 0.05) is 0 Å². The van der Waals surface area contributed by atoms with E-state index in [9.17, 15) is 0 Å². The topological polar surface area (TPSA) is 3.24 Å². The van der Waals surface area contributed by atoms with Crippen LogP contribution in [-0.2, 0) is 0 Å². The third-order valence-corrected chi connectivity index (χ3v) is 2.72. The highest BCUT2D eigenvalue weighted by Gasteiger charge is 2.15. The number of hydrogen-bond donors (Lipinski definition) is 0. The van der Waals surface area contributed by atoms with Crippen molar-refractivity contribution >= 4 is 23.6 Å². The van der Waals surface area contributed by atoms with Crippen molar-refractivity contribution in [2.75, 3.05) is 0 Å². The van der Waals surface area contributed by atoms with Crippen LogP contribution in [0.4, 0.5) is 0 Å². The summed E-state index contributed by atoms with van der Waals surface area (Å²) in [5.41, 5.74) is 1.17. The Morgan fingerprint density at radius 1 is 1.21 bits per heavy atom. The van der Waals surface area contributed by atoms with Crippen LogP contribution in [0, 0.1) is 0 Å². The third kappa shape index (κ3) is 3.49. The Balaban J connectivity index is 2.68. The lowest BCUT2D eigenvalue weighted by molar-refractivity contribution is 0.456. The predicted molar refractivity (Wildman–Crippen MR) is 62.3 cm³/mol. The summed E-state index contributed by atoms with van der Waals surface area (Å²) in [6, 6.07) is 10.2. The summed E-state index contributed by atoms with van der Waals surface area (Å²) in [7, 11) is 0. The fraction of sp³-hybridized carbons (Fsp3) is 0.455. The van der Waals surface area contributed by atoms with Crippen molar-refractivity contribution in [1.29, 1.82) is 0 Å². The molecule has 0 saturated carbocycles. The first-order valence-corrected chi connectivity index (χ1v) is 5.59. The lowest BCUT2D eigenvalue weighted by Crippen LogP contribution is -2.09. The van der Waals surface area contributed by atoms with Crippen molar-refractivity contribution in [2.45, 2.75) is 32.2 Å². The molecule has 0 saturated heterocycles. The zero-order valence-corrected chi connectivity index (χ0v) is 9.80. The molecule has 1 nitrogen and oxygen atoms in total. The number of rotatable bonds is 5. The summed E-state index contributed by atoms with van der Waals surface area (Å²) < 4.78 is 1.25. The van der Waals surface area contributed by atoms with Crippen molar-refractivity contribution in [3.05, 3.63) is 35.9 Å². The number of benzene rings is 1. The van der Waals surface area contributed by atoms with Gasteiger partial charge in [-0.15, -0.1) is 3.94 Å². The molecule has 0 N–H and O–H groups in total. The average Bonchev–Trinajstić information content (AvgIpc) is 2.19. The molecule has 1 aromatic carbocycles. The van der Waals surface area contributed by atoms with Gasteiger partial charge < -0.3 is 0 Å². The molecular formula is C11H15Cl2N. The minimum atomic E-state index is 0.111. The summed E-state index contributed by atoms with van der Waals surface area (Å²) in [5, 5.41) is 0. The molecule has 14 heavy (non-hydrogen) atoms. The van der Waals surface area contributed by atoms with Crippen LogP contribution < -0.4 is 0 Å². The lowest BCUT2D eigenvalue weighted by Gasteiger charge is -2.19. The molecule has 1 rings (SSSR count). The second-order valence-electron chi connectivity index (χ2n) is 3.33. The van der Waals surface area contributed by atoms with Gasteiger partial charge in [-0.3, -0.25) is 0 Å². The van der Waals surface area contributed by atoms with Crippen LogP contribution in [-0.4, -0.2) is 3.94 Å². The zero-order valence-electron chi connectivity index (χ0n) is 8.29. The summed E-state index contributed by atoms with van der Waals surface area (Å²) in [4.78, 5) is 0. The minimum absolute atomic E-state index is 0.111. The van der Waals surface area contributed by atoms with E-state index in [-0.39, 0.29) is 6.04 Å². The van der Waals surface area contributed by atoms with Gasteiger partial charge in [0.25, 0.3) is 0 Å². The molecule has 0 radical (unpaired) electrons. The van der Waals surface area contributed by atoms with Crippen molar-refractivity contribution < 1.29 is 0 Å². The van der Waals surface area contributed by atoms with Gasteiger partial charge >= 0.3 is 0 Å². The molecule has 0 fully saturated rings. The molecule has 1 unspecified atom stereocenters. The molecule has 0 aliphatic rings. The van der Waals surface area contributed by atoms with Crippen LogP contribution in [0.5, 0.6) is 0 Å². The molecule has 3 heteroatoms. The largest absolute Gasteiger partial charge is 0.124 e. The van der Waals surface area contributed by atoms with Gasteiger partial charge in [0.2, 0.25) is 0 Å². The normalized spacial score (nSPS) is 13.1. The summed E-state index contributed by atoms with van der Waals surface area (Å²) in [6.07, 6.45) is 3.29. The van der Waals surface area contributed by atoms with E-state index < -0.39 is 0 Å². The Kier molecular flexibility index (Phi) is 5.31. The van der Waals surface area contributed by atoms with Crippen LogP contribution in [0.3, 0.4) is 0 Å². The van der Waals surface area contributed by atoms with E-state index >= 15 is 0 Å². The first-order valence-electron chi connectivity index (χ1n) is 4.91. The quantitative estimate of drug-likeness (QED) is 0.674. The highest BCUT2D eigenvalue weighted by molar-refractivity contribution is 6.33. The summed E-state index contributed by atoms with van der Waals surface area (Å²) in [6.45, 7) is 2.16. The second-order valence-corrected chi connectivity index (χ2v) is 4.23. The number of halogens is 2. The first-order chi connectivity index (χ1) is 6.75. The Bertz CT molecular complexity index is 249.